The first-order chi connectivity index (χ1) is 6.43. The van der Waals surface area contributed by atoms with Crippen LogP contribution < -0.4 is 0 Å². The van der Waals surface area contributed by atoms with Crippen molar-refractivity contribution in [3.8, 4) is 0 Å². The molecule has 7 heteroatoms. The maximum Gasteiger partial charge on any atom is 0.356 e. The van der Waals surface area contributed by atoms with Crippen LogP contribution in [0.15, 0.2) is 10.5 Å². The molecule has 76 valence electrons. The first-order valence-electron chi connectivity index (χ1n) is 3.31. The zero-order chi connectivity index (χ0) is 10.9. The predicted molar refractivity (Wildman–Crippen MR) is 48.9 cm³/mol. The Balaban J connectivity index is 3.34. The molecule has 0 spiro atoms. The van der Waals surface area contributed by atoms with Gasteiger partial charge in [-0.1, -0.05) is 11.6 Å². The minimum Gasteiger partial charge on any atom is -0.476 e. The van der Waals surface area contributed by atoms with Gasteiger partial charge in [-0.15, -0.1) is 0 Å². The number of carbonyl (C=O) groups is 1. The van der Waals surface area contributed by atoms with Crippen LogP contribution >= 0.6 is 27.5 Å². The lowest BCUT2D eigenvalue weighted by molar-refractivity contribution is 0.0689. The van der Waals surface area contributed by atoms with Crippen molar-refractivity contribution in [2.24, 2.45) is 0 Å². The van der Waals surface area contributed by atoms with E-state index in [9.17, 15) is 13.6 Å². The summed E-state index contributed by atoms with van der Waals surface area (Å²) in [5.41, 5.74) is -1.21. The Morgan fingerprint density at radius 1 is 1.64 bits per heavy atom. The zero-order valence-corrected chi connectivity index (χ0v) is 8.81. The lowest BCUT2D eigenvalue weighted by Gasteiger charge is -2.05. The second-order valence-corrected chi connectivity index (χ2v) is 3.55. The fourth-order valence-electron chi connectivity index (χ4n) is 0.784. The standard InChI is InChI=1S/C7H3BrClF2NO2/c8-2-1-3(9)5(7(13)14)12-4(2)6(10)11/h1,6H,(H,13,14). The molecule has 0 saturated carbocycles. The second kappa shape index (κ2) is 4.18. The Kier molecular flexibility index (Phi) is 3.38. The van der Waals surface area contributed by atoms with Crippen LogP contribution in [0.1, 0.15) is 22.6 Å². The van der Waals surface area contributed by atoms with Crippen molar-refractivity contribution in [2.45, 2.75) is 6.43 Å². The molecule has 3 nitrogen and oxygen atoms in total. The lowest BCUT2D eigenvalue weighted by Crippen LogP contribution is -2.05. The van der Waals surface area contributed by atoms with Crippen LogP contribution in [-0.2, 0) is 0 Å². The van der Waals surface area contributed by atoms with E-state index in [4.69, 9.17) is 16.7 Å². The summed E-state index contributed by atoms with van der Waals surface area (Å²) in [5, 5.41) is 8.37. The molecule has 0 fully saturated rings. The molecule has 1 heterocycles. The quantitative estimate of drug-likeness (QED) is 0.908. The molecular weight excluding hydrogens is 283 g/mol. The number of nitrogens with zero attached hydrogens (tertiary/aromatic N) is 1. The molecule has 0 aliphatic heterocycles. The highest BCUT2D eigenvalue weighted by Gasteiger charge is 2.19. The average Bonchev–Trinajstić information content (AvgIpc) is 2.02. The van der Waals surface area contributed by atoms with Gasteiger partial charge >= 0.3 is 5.97 Å². The summed E-state index contributed by atoms with van der Waals surface area (Å²) in [5.74, 6) is -1.44. The lowest BCUT2D eigenvalue weighted by atomic mass is 10.3. The van der Waals surface area contributed by atoms with Gasteiger partial charge in [-0.25, -0.2) is 18.6 Å². The number of hydrogen-bond donors (Lipinski definition) is 1. The molecule has 0 aliphatic carbocycles. The van der Waals surface area contributed by atoms with E-state index in [1.54, 1.807) is 0 Å². The van der Waals surface area contributed by atoms with Gasteiger partial charge in [-0.05, 0) is 22.0 Å². The summed E-state index contributed by atoms with van der Waals surface area (Å²) in [6.45, 7) is 0. The summed E-state index contributed by atoms with van der Waals surface area (Å²) in [6, 6.07) is 1.08. The molecule has 1 N–H and O–H groups in total. The van der Waals surface area contributed by atoms with Crippen LogP contribution in [0.25, 0.3) is 0 Å². The van der Waals surface area contributed by atoms with Crippen molar-refractivity contribution >= 4 is 33.5 Å². The molecule has 1 aromatic rings. The summed E-state index contributed by atoms with van der Waals surface area (Å²) < 4.78 is 24.5. The maximum absolute atomic E-state index is 12.3. The second-order valence-electron chi connectivity index (χ2n) is 2.29. The fourth-order valence-corrected chi connectivity index (χ4v) is 1.64. The van der Waals surface area contributed by atoms with Crippen LogP contribution in [0.4, 0.5) is 8.78 Å². The Morgan fingerprint density at radius 3 is 2.64 bits per heavy atom. The molecule has 0 saturated heterocycles. The van der Waals surface area contributed by atoms with E-state index < -0.39 is 23.8 Å². The molecule has 0 radical (unpaired) electrons. The summed E-state index contributed by atoms with van der Waals surface area (Å²) in [7, 11) is 0. The zero-order valence-electron chi connectivity index (χ0n) is 6.47. The average molecular weight is 286 g/mol. The highest BCUT2D eigenvalue weighted by atomic mass is 79.9. The third kappa shape index (κ3) is 2.19. The van der Waals surface area contributed by atoms with Crippen LogP contribution in [0.2, 0.25) is 5.02 Å². The number of rotatable bonds is 2. The number of carboxylic acids is 1. The molecule has 0 bridgehead atoms. The number of aromatic nitrogens is 1. The molecule has 0 aliphatic rings. The van der Waals surface area contributed by atoms with Gasteiger partial charge in [0.1, 0.15) is 5.69 Å². The minimum absolute atomic E-state index is 0.0116. The summed E-state index contributed by atoms with van der Waals surface area (Å²) in [4.78, 5) is 13.7. The van der Waals surface area contributed by atoms with E-state index in [1.807, 2.05) is 0 Å². The highest BCUT2D eigenvalue weighted by molar-refractivity contribution is 9.10. The van der Waals surface area contributed by atoms with Gasteiger partial charge in [-0.2, -0.15) is 0 Å². The molecule has 14 heavy (non-hydrogen) atoms. The van der Waals surface area contributed by atoms with Gasteiger partial charge in [0, 0.05) is 4.47 Å². The number of carboxylic acid groups (broad SMARTS) is 1. The van der Waals surface area contributed by atoms with Crippen LogP contribution in [0, 0.1) is 0 Å². The van der Waals surface area contributed by atoms with Crippen LogP contribution in [-0.4, -0.2) is 16.1 Å². The van der Waals surface area contributed by atoms with Gasteiger partial charge in [0.2, 0.25) is 0 Å². The topological polar surface area (TPSA) is 50.2 Å². The predicted octanol–water partition coefficient (Wildman–Crippen LogP) is 3.13. The van der Waals surface area contributed by atoms with E-state index in [1.165, 1.54) is 0 Å². The third-order valence-corrected chi connectivity index (χ3v) is 2.29. The molecular formula is C7H3BrClF2NO2. The van der Waals surface area contributed by atoms with Crippen molar-refractivity contribution in [1.29, 1.82) is 0 Å². The van der Waals surface area contributed by atoms with Gasteiger partial charge in [0.15, 0.2) is 5.69 Å². The Hall–Kier alpha value is -0.750. The first-order valence-corrected chi connectivity index (χ1v) is 4.48. The highest BCUT2D eigenvalue weighted by Crippen LogP contribution is 2.29. The normalized spacial score (nSPS) is 10.6. The van der Waals surface area contributed by atoms with Gasteiger partial charge in [0.05, 0.1) is 5.02 Å². The molecule has 0 amide bonds. The first kappa shape index (κ1) is 11.3. The van der Waals surface area contributed by atoms with Crippen molar-refractivity contribution < 1.29 is 18.7 Å². The van der Waals surface area contributed by atoms with E-state index in [-0.39, 0.29) is 9.50 Å². The monoisotopic (exact) mass is 285 g/mol. The third-order valence-electron chi connectivity index (χ3n) is 1.37. The van der Waals surface area contributed by atoms with Gasteiger partial charge < -0.3 is 5.11 Å². The summed E-state index contributed by atoms with van der Waals surface area (Å²) >= 11 is 8.29. The molecule has 1 aromatic heterocycles. The van der Waals surface area contributed by atoms with Crippen LogP contribution in [0.5, 0.6) is 0 Å². The number of aromatic carboxylic acids is 1. The van der Waals surface area contributed by atoms with Crippen LogP contribution in [0.3, 0.4) is 0 Å². The van der Waals surface area contributed by atoms with E-state index in [0.717, 1.165) is 6.07 Å². The van der Waals surface area contributed by atoms with Crippen molar-refractivity contribution in [1.82, 2.24) is 4.98 Å². The van der Waals surface area contributed by atoms with Crippen molar-refractivity contribution in [3.63, 3.8) is 0 Å². The van der Waals surface area contributed by atoms with E-state index in [2.05, 4.69) is 20.9 Å². The molecule has 0 aromatic carbocycles. The number of halogens is 4. The Labute approximate surface area is 90.8 Å². The molecule has 1 rings (SSSR count). The number of hydrogen-bond acceptors (Lipinski definition) is 2. The number of alkyl halides is 2. The Bertz CT molecular complexity index is 386. The van der Waals surface area contributed by atoms with Gasteiger partial charge in [-0.3, -0.25) is 0 Å². The Morgan fingerprint density at radius 2 is 2.21 bits per heavy atom. The van der Waals surface area contributed by atoms with Gasteiger partial charge in [0.25, 0.3) is 6.43 Å². The molecule has 0 unspecified atom stereocenters. The van der Waals surface area contributed by atoms with E-state index in [0.29, 0.717) is 0 Å². The van der Waals surface area contributed by atoms with E-state index >= 15 is 0 Å². The largest absolute Gasteiger partial charge is 0.476 e. The smallest absolute Gasteiger partial charge is 0.356 e. The summed E-state index contributed by atoms with van der Waals surface area (Å²) in [6.07, 6.45) is -2.85. The van der Waals surface area contributed by atoms with Crippen molar-refractivity contribution in [3.05, 3.63) is 26.9 Å². The minimum atomic E-state index is -2.85. The maximum atomic E-state index is 12.3. The fraction of sp³-hybridized carbons (Fsp3) is 0.143. The number of pyridine rings is 1. The van der Waals surface area contributed by atoms with Crippen molar-refractivity contribution in [2.75, 3.05) is 0 Å². The SMILES string of the molecule is O=C(O)c1nc(C(F)F)c(Br)cc1Cl. The molecule has 0 atom stereocenters.